The van der Waals surface area contributed by atoms with Crippen LogP contribution in [0.15, 0.2) is 18.2 Å². The van der Waals surface area contributed by atoms with Gasteiger partial charge in [0.05, 0.1) is 6.54 Å². The summed E-state index contributed by atoms with van der Waals surface area (Å²) in [7, 11) is 0. The van der Waals surface area contributed by atoms with Crippen molar-refractivity contribution in [2.75, 3.05) is 0 Å². The first kappa shape index (κ1) is 15.2. The van der Waals surface area contributed by atoms with E-state index in [0.29, 0.717) is 0 Å². The molecule has 0 radical (unpaired) electrons. The van der Waals surface area contributed by atoms with Crippen LogP contribution in [0.3, 0.4) is 0 Å². The molecule has 1 aromatic rings. The highest BCUT2D eigenvalue weighted by atomic mass is 16.6. The molecule has 0 aromatic heterocycles. The van der Waals surface area contributed by atoms with E-state index in [-0.39, 0.29) is 18.7 Å². The van der Waals surface area contributed by atoms with Gasteiger partial charge in [0.25, 0.3) is 0 Å². The summed E-state index contributed by atoms with van der Waals surface area (Å²) in [6, 6.07) is 3.79. The van der Waals surface area contributed by atoms with Gasteiger partial charge in [-0.3, -0.25) is 4.90 Å². The van der Waals surface area contributed by atoms with Gasteiger partial charge in [-0.15, -0.1) is 0 Å². The van der Waals surface area contributed by atoms with E-state index in [1.807, 2.05) is 0 Å². The second-order valence-electron chi connectivity index (χ2n) is 6.12. The van der Waals surface area contributed by atoms with Crippen molar-refractivity contribution in [3.8, 4) is 5.75 Å². The first-order valence-corrected chi connectivity index (χ1v) is 6.70. The zero-order valence-electron chi connectivity index (χ0n) is 12.3. The molecule has 21 heavy (non-hydrogen) atoms. The van der Waals surface area contributed by atoms with Crippen molar-refractivity contribution >= 4 is 12.1 Å². The fraction of sp³-hybridized carbons (Fsp3) is 0.467. The topological polar surface area (TPSA) is 87.1 Å². The molecule has 114 valence electrons. The van der Waals surface area contributed by atoms with E-state index < -0.39 is 23.7 Å². The number of carboxylic acid groups (broad SMARTS) is 1. The van der Waals surface area contributed by atoms with Gasteiger partial charge >= 0.3 is 12.1 Å². The number of hydrogen-bond donors (Lipinski definition) is 2. The maximum Gasteiger partial charge on any atom is 0.411 e. The van der Waals surface area contributed by atoms with E-state index in [2.05, 4.69) is 0 Å². The number of aliphatic carboxylic acids is 1. The average molecular weight is 293 g/mol. The highest BCUT2D eigenvalue weighted by Crippen LogP contribution is 2.28. The molecule has 1 aromatic carbocycles. The minimum Gasteiger partial charge on any atom is -0.508 e. The molecule has 1 aliphatic rings. The second-order valence-corrected chi connectivity index (χ2v) is 6.12. The molecule has 0 fully saturated rings. The van der Waals surface area contributed by atoms with Crippen LogP contribution in [-0.4, -0.2) is 38.8 Å². The third-order valence-electron chi connectivity index (χ3n) is 3.23. The second kappa shape index (κ2) is 5.27. The highest BCUT2D eigenvalue weighted by Gasteiger charge is 2.37. The number of fused-ring (bicyclic) bond motifs is 1. The molecule has 0 spiro atoms. The molecule has 1 aliphatic heterocycles. The Labute approximate surface area is 122 Å². The number of ether oxygens (including phenoxy) is 1. The lowest BCUT2D eigenvalue weighted by molar-refractivity contribution is -0.143. The molecule has 1 atom stereocenters. The van der Waals surface area contributed by atoms with Crippen LogP contribution in [0.4, 0.5) is 4.79 Å². The van der Waals surface area contributed by atoms with E-state index in [9.17, 15) is 19.8 Å². The molecule has 1 heterocycles. The van der Waals surface area contributed by atoms with E-state index >= 15 is 0 Å². The average Bonchev–Trinajstić information content (AvgIpc) is 2.34. The summed E-state index contributed by atoms with van der Waals surface area (Å²) >= 11 is 0. The van der Waals surface area contributed by atoms with Crippen LogP contribution in [-0.2, 0) is 22.5 Å². The summed E-state index contributed by atoms with van der Waals surface area (Å²) in [5.74, 6) is -0.980. The van der Waals surface area contributed by atoms with Crippen molar-refractivity contribution in [2.24, 2.45) is 0 Å². The minimum absolute atomic E-state index is 0.0895. The number of hydrogen-bond acceptors (Lipinski definition) is 4. The third-order valence-corrected chi connectivity index (χ3v) is 3.23. The molecule has 0 saturated carbocycles. The van der Waals surface area contributed by atoms with Crippen molar-refractivity contribution in [2.45, 2.75) is 45.4 Å². The molecule has 0 aliphatic carbocycles. The van der Waals surface area contributed by atoms with Gasteiger partial charge in [0, 0.05) is 6.42 Å². The fourth-order valence-electron chi connectivity index (χ4n) is 2.30. The van der Waals surface area contributed by atoms with Crippen molar-refractivity contribution in [3.05, 3.63) is 29.3 Å². The highest BCUT2D eigenvalue weighted by molar-refractivity contribution is 5.81. The number of carbonyl (C=O) groups excluding carboxylic acids is 1. The lowest BCUT2D eigenvalue weighted by Gasteiger charge is -2.35. The van der Waals surface area contributed by atoms with Crippen LogP contribution >= 0.6 is 0 Å². The lowest BCUT2D eigenvalue weighted by Crippen LogP contribution is -2.50. The molecule has 0 bridgehead atoms. The molecule has 0 saturated heterocycles. The molecule has 0 unspecified atom stereocenters. The Morgan fingerprint density at radius 1 is 1.29 bits per heavy atom. The molecule has 6 nitrogen and oxygen atoms in total. The Morgan fingerprint density at radius 3 is 2.52 bits per heavy atom. The van der Waals surface area contributed by atoms with E-state index in [1.54, 1.807) is 32.9 Å². The Hall–Kier alpha value is -2.24. The number of amides is 1. The van der Waals surface area contributed by atoms with Crippen LogP contribution in [0.2, 0.25) is 0 Å². The Morgan fingerprint density at radius 2 is 1.95 bits per heavy atom. The third kappa shape index (κ3) is 3.45. The van der Waals surface area contributed by atoms with Crippen molar-refractivity contribution in [1.29, 1.82) is 0 Å². The van der Waals surface area contributed by atoms with Crippen molar-refractivity contribution < 1.29 is 24.5 Å². The number of benzene rings is 1. The number of carbonyl (C=O) groups is 2. The maximum atomic E-state index is 12.2. The first-order valence-electron chi connectivity index (χ1n) is 6.70. The van der Waals surface area contributed by atoms with Crippen LogP contribution in [0, 0.1) is 0 Å². The number of phenolic OH excluding ortho intramolecular Hbond substituents is 1. The van der Waals surface area contributed by atoms with Crippen LogP contribution < -0.4 is 0 Å². The Kier molecular flexibility index (Phi) is 3.80. The van der Waals surface area contributed by atoms with Gasteiger partial charge in [0.15, 0.2) is 0 Å². The van der Waals surface area contributed by atoms with Gasteiger partial charge < -0.3 is 14.9 Å². The van der Waals surface area contributed by atoms with E-state index in [1.165, 1.54) is 11.0 Å². The van der Waals surface area contributed by atoms with Gasteiger partial charge in [0.2, 0.25) is 0 Å². The number of aromatic hydroxyl groups is 1. The smallest absolute Gasteiger partial charge is 0.411 e. The summed E-state index contributed by atoms with van der Waals surface area (Å²) in [6.07, 6.45) is -0.464. The van der Waals surface area contributed by atoms with Crippen molar-refractivity contribution in [1.82, 2.24) is 4.90 Å². The SMILES string of the molecule is CC(C)(C)OC(=O)N1Cc2cc(O)ccc2C[C@@H]1C(=O)O. The standard InChI is InChI=1S/C15H19NO5/c1-15(2,3)21-14(20)16-8-10-6-11(17)5-4-9(10)7-12(16)13(18)19/h4-6,12,17H,7-8H2,1-3H3,(H,18,19)/t12-/m1/s1. The van der Waals surface area contributed by atoms with Gasteiger partial charge in [0.1, 0.15) is 17.4 Å². The monoisotopic (exact) mass is 293 g/mol. The van der Waals surface area contributed by atoms with Gasteiger partial charge in [-0.2, -0.15) is 0 Å². The largest absolute Gasteiger partial charge is 0.508 e. The Bertz CT molecular complexity index is 576. The molecule has 6 heteroatoms. The number of nitrogens with zero attached hydrogens (tertiary/aromatic N) is 1. The van der Waals surface area contributed by atoms with Crippen LogP contribution in [0.5, 0.6) is 5.75 Å². The molecule has 1 amide bonds. The fourth-order valence-corrected chi connectivity index (χ4v) is 2.30. The molecule has 2 rings (SSSR count). The van der Waals surface area contributed by atoms with Gasteiger partial charge in [-0.25, -0.2) is 9.59 Å². The Balaban J connectivity index is 2.30. The summed E-state index contributed by atoms with van der Waals surface area (Å²) in [5.41, 5.74) is 0.859. The summed E-state index contributed by atoms with van der Waals surface area (Å²) in [4.78, 5) is 24.8. The molecular weight excluding hydrogens is 274 g/mol. The summed E-state index contributed by atoms with van der Waals surface area (Å²) in [6.45, 7) is 5.29. The maximum absolute atomic E-state index is 12.2. The predicted octanol–water partition coefficient (Wildman–Crippen LogP) is 2.14. The normalized spacial score (nSPS) is 18.0. The number of rotatable bonds is 1. The molecular formula is C15H19NO5. The van der Waals surface area contributed by atoms with E-state index in [0.717, 1.165) is 11.1 Å². The number of carboxylic acids is 1. The lowest BCUT2D eigenvalue weighted by atomic mass is 9.94. The van der Waals surface area contributed by atoms with Crippen molar-refractivity contribution in [3.63, 3.8) is 0 Å². The summed E-state index contributed by atoms with van der Waals surface area (Å²) in [5, 5.41) is 18.9. The predicted molar refractivity (Wildman–Crippen MR) is 75.0 cm³/mol. The van der Waals surface area contributed by atoms with Crippen LogP contribution in [0.25, 0.3) is 0 Å². The van der Waals surface area contributed by atoms with E-state index in [4.69, 9.17) is 4.74 Å². The molecule has 2 N–H and O–H groups in total. The first-order chi connectivity index (χ1) is 9.67. The zero-order valence-corrected chi connectivity index (χ0v) is 12.3. The summed E-state index contributed by atoms with van der Waals surface area (Å²) < 4.78 is 5.26. The van der Waals surface area contributed by atoms with Gasteiger partial charge in [-0.1, -0.05) is 6.07 Å². The van der Waals surface area contributed by atoms with Gasteiger partial charge in [-0.05, 0) is 44.0 Å². The minimum atomic E-state index is -1.07. The zero-order chi connectivity index (χ0) is 15.8. The number of phenols is 1. The quantitative estimate of drug-likeness (QED) is 0.828. The van der Waals surface area contributed by atoms with Crippen LogP contribution in [0.1, 0.15) is 31.9 Å².